The summed E-state index contributed by atoms with van der Waals surface area (Å²) in [5, 5.41) is 0. The van der Waals surface area contributed by atoms with Gasteiger partial charge in [0.05, 0.1) is 6.61 Å². The lowest BCUT2D eigenvalue weighted by Gasteiger charge is -2.33. The normalized spacial score (nSPS) is 11.2. The fourth-order valence-corrected chi connectivity index (χ4v) is 1.40. The van der Waals surface area contributed by atoms with E-state index in [0.717, 1.165) is 18.4 Å². The van der Waals surface area contributed by atoms with Gasteiger partial charge in [-0.25, -0.2) is 0 Å². The first-order valence-corrected chi connectivity index (χ1v) is 7.32. The highest BCUT2D eigenvalue weighted by atomic mass is 32.5. The number of rotatable bonds is 6. The number of hydrogen-bond acceptors (Lipinski definition) is 4. The minimum Gasteiger partial charge on any atom is -0.812 e. The molecule has 0 fully saturated rings. The third-order valence-electron chi connectivity index (χ3n) is 1.76. The molecule has 8 N–H and O–H groups in total. The van der Waals surface area contributed by atoms with Crippen LogP contribution in [-0.4, -0.2) is 6.61 Å². The molecule has 0 atom stereocenters. The summed E-state index contributed by atoms with van der Waals surface area (Å²) in [6.07, 6.45) is 5.77. The lowest BCUT2D eigenvalue weighted by molar-refractivity contribution is -0.320. The molecule has 0 bridgehead atoms. The Hall–Kier alpha value is -0.0700. The van der Waals surface area contributed by atoms with E-state index in [0.29, 0.717) is 0 Å². The zero-order valence-corrected chi connectivity index (χ0v) is 13.1. The molecule has 0 unspecified atom stereocenters. The topological polar surface area (TPSA) is 128 Å². The first-order chi connectivity index (χ1) is 6.81. The second kappa shape index (κ2) is 11.0. The van der Waals surface area contributed by atoms with E-state index >= 15 is 0 Å². The van der Waals surface area contributed by atoms with Crippen molar-refractivity contribution in [2.24, 2.45) is 0 Å². The van der Waals surface area contributed by atoms with Gasteiger partial charge in [0, 0.05) is 0 Å². The highest BCUT2D eigenvalue weighted by Crippen LogP contribution is 2.24. The standard InChI is InChI=1S/C10H19O3PS.2H3N/c1-9(2)5-4-6-10(3)7-8-13-14(11,12)15;;/h5,7H,4,6,8H2,1-3H3,(H2,11,12,15);2*1H3/b10-7+;;. The lowest BCUT2D eigenvalue weighted by atomic mass is 10.1. The maximum absolute atomic E-state index is 10.5. The Morgan fingerprint density at radius 2 is 1.71 bits per heavy atom. The Labute approximate surface area is 109 Å². The number of allylic oxidation sites excluding steroid dienone is 3. The van der Waals surface area contributed by atoms with Crippen LogP contribution < -0.4 is 22.1 Å². The van der Waals surface area contributed by atoms with E-state index in [1.807, 2.05) is 20.8 Å². The second-order valence-electron chi connectivity index (χ2n) is 3.61. The third kappa shape index (κ3) is 18.5. The monoisotopic (exact) mass is 284 g/mol. The maximum atomic E-state index is 10.5. The molecule has 0 saturated carbocycles. The van der Waals surface area contributed by atoms with Crippen molar-refractivity contribution in [1.82, 2.24) is 12.3 Å². The zero-order valence-electron chi connectivity index (χ0n) is 11.4. The molecule has 0 radical (unpaired) electrons. The Morgan fingerprint density at radius 3 is 2.12 bits per heavy atom. The molecule has 0 aliphatic carbocycles. The van der Waals surface area contributed by atoms with E-state index in [9.17, 15) is 9.79 Å². The summed E-state index contributed by atoms with van der Waals surface area (Å²) in [6, 6.07) is 0. The number of hydrogen-bond donors (Lipinski definition) is 2. The molecule has 0 aromatic carbocycles. The molecule has 5 nitrogen and oxygen atoms in total. The summed E-state index contributed by atoms with van der Waals surface area (Å²) in [5.74, 6) is 0. The van der Waals surface area contributed by atoms with E-state index in [1.165, 1.54) is 5.57 Å². The molecule has 7 heteroatoms. The Morgan fingerprint density at radius 1 is 1.18 bits per heavy atom. The smallest absolute Gasteiger partial charge is 0.0670 e. The molecule has 0 amide bonds. The van der Waals surface area contributed by atoms with Gasteiger partial charge < -0.3 is 26.6 Å². The molecule has 0 spiro atoms. The molecule has 104 valence electrons. The van der Waals surface area contributed by atoms with Gasteiger partial charge in [-0.3, -0.25) is 0 Å². The third-order valence-corrected chi connectivity index (χ3v) is 2.54. The van der Waals surface area contributed by atoms with Crippen LogP contribution in [0.25, 0.3) is 0 Å². The van der Waals surface area contributed by atoms with Crippen LogP contribution in [0.4, 0.5) is 0 Å². The SMILES string of the molecule is CC(C)=CCC/C(C)=C/COP([O-])([O-])=S.[NH4+].[NH4+]. The molecule has 0 rings (SSSR count). The molecule has 0 heterocycles. The van der Waals surface area contributed by atoms with Gasteiger partial charge in [-0.05, 0) is 33.6 Å². The highest BCUT2D eigenvalue weighted by Gasteiger charge is 1.89. The van der Waals surface area contributed by atoms with Crippen molar-refractivity contribution in [2.75, 3.05) is 6.61 Å². The van der Waals surface area contributed by atoms with Crippen LogP contribution in [0.1, 0.15) is 33.6 Å². The maximum Gasteiger partial charge on any atom is 0.0670 e. The Kier molecular flexibility index (Phi) is 14.4. The van der Waals surface area contributed by atoms with Crippen molar-refractivity contribution in [1.29, 1.82) is 0 Å². The summed E-state index contributed by atoms with van der Waals surface area (Å²) in [7, 11) is 0. The van der Waals surface area contributed by atoms with E-state index in [2.05, 4.69) is 22.4 Å². The average Bonchev–Trinajstić information content (AvgIpc) is 2.00. The fraction of sp³-hybridized carbons (Fsp3) is 0.600. The molecule has 17 heavy (non-hydrogen) atoms. The molecule has 0 saturated heterocycles. The van der Waals surface area contributed by atoms with Crippen LogP contribution in [0, 0.1) is 0 Å². The van der Waals surface area contributed by atoms with Gasteiger partial charge in [0.25, 0.3) is 0 Å². The van der Waals surface area contributed by atoms with Gasteiger partial charge in [0.15, 0.2) is 0 Å². The Bertz CT molecular complexity index is 296. The zero-order chi connectivity index (χ0) is 11.9. The molecule has 0 aromatic heterocycles. The largest absolute Gasteiger partial charge is 0.812 e. The Balaban J connectivity index is -0.000000980. The first kappa shape index (κ1) is 22.1. The second-order valence-corrected chi connectivity index (χ2v) is 6.11. The van der Waals surface area contributed by atoms with E-state index in [-0.39, 0.29) is 18.9 Å². The summed E-state index contributed by atoms with van der Waals surface area (Å²) < 4.78 is 4.45. The predicted molar refractivity (Wildman–Crippen MR) is 74.6 cm³/mol. The fourth-order valence-electron chi connectivity index (χ4n) is 0.961. The van der Waals surface area contributed by atoms with Crippen molar-refractivity contribution in [3.05, 3.63) is 23.3 Å². The van der Waals surface area contributed by atoms with Crippen LogP contribution in [-0.2, 0) is 16.3 Å². The van der Waals surface area contributed by atoms with Crippen molar-refractivity contribution in [3.8, 4) is 0 Å². The van der Waals surface area contributed by atoms with Crippen molar-refractivity contribution in [3.63, 3.8) is 0 Å². The summed E-state index contributed by atoms with van der Waals surface area (Å²) in [4.78, 5) is 21.0. The van der Waals surface area contributed by atoms with Gasteiger partial charge in [-0.15, -0.1) is 11.8 Å². The molecular formula is C10H25N2O3PS. The van der Waals surface area contributed by atoms with Gasteiger partial charge >= 0.3 is 0 Å². The summed E-state index contributed by atoms with van der Waals surface area (Å²) >= 11 is 4.10. The summed E-state index contributed by atoms with van der Waals surface area (Å²) in [5.41, 5.74) is 2.39. The van der Waals surface area contributed by atoms with E-state index in [1.54, 1.807) is 6.08 Å². The highest BCUT2D eigenvalue weighted by molar-refractivity contribution is 8.05. The van der Waals surface area contributed by atoms with Crippen molar-refractivity contribution in [2.45, 2.75) is 33.6 Å². The van der Waals surface area contributed by atoms with Crippen LogP contribution >= 0.6 is 6.72 Å². The minimum absolute atomic E-state index is 0. The van der Waals surface area contributed by atoms with Crippen molar-refractivity contribution >= 4 is 18.5 Å². The number of quaternary nitrogens is 2. The van der Waals surface area contributed by atoms with Crippen LogP contribution in [0.2, 0.25) is 0 Å². The van der Waals surface area contributed by atoms with Gasteiger partial charge in [-0.1, -0.05) is 30.0 Å². The molecular weight excluding hydrogens is 259 g/mol. The van der Waals surface area contributed by atoms with Gasteiger partial charge in [-0.2, -0.15) is 0 Å². The average molecular weight is 284 g/mol. The van der Waals surface area contributed by atoms with E-state index < -0.39 is 6.72 Å². The van der Waals surface area contributed by atoms with Crippen LogP contribution in [0.3, 0.4) is 0 Å². The lowest BCUT2D eigenvalue weighted by Crippen LogP contribution is -2.16. The molecule has 0 aliphatic heterocycles. The van der Waals surface area contributed by atoms with Crippen LogP contribution in [0.5, 0.6) is 0 Å². The first-order valence-electron chi connectivity index (χ1n) is 4.77. The quantitative estimate of drug-likeness (QED) is 0.573. The summed E-state index contributed by atoms with van der Waals surface area (Å²) in [6.45, 7) is 2.10. The van der Waals surface area contributed by atoms with E-state index in [4.69, 9.17) is 0 Å². The van der Waals surface area contributed by atoms with Gasteiger partial charge in [0.1, 0.15) is 0 Å². The van der Waals surface area contributed by atoms with Crippen molar-refractivity contribution < 1.29 is 14.3 Å². The van der Waals surface area contributed by atoms with Crippen LogP contribution in [0.15, 0.2) is 23.3 Å². The molecule has 0 aromatic rings. The van der Waals surface area contributed by atoms with Gasteiger partial charge in [0.2, 0.25) is 0 Å². The predicted octanol–water partition coefficient (Wildman–Crippen LogP) is 2.39. The molecule has 0 aliphatic rings. The minimum atomic E-state index is -3.99.